The van der Waals surface area contributed by atoms with Crippen LogP contribution in [-0.4, -0.2) is 48.5 Å². The lowest BCUT2D eigenvalue weighted by Crippen LogP contribution is -2.39. The predicted molar refractivity (Wildman–Crippen MR) is 92.7 cm³/mol. The minimum absolute atomic E-state index is 0.00335. The number of aryl methyl sites for hydroxylation is 1. The lowest BCUT2D eigenvalue weighted by Gasteiger charge is -2.21. The molecule has 0 radical (unpaired) electrons. The molecule has 1 N–H and O–H groups in total. The van der Waals surface area contributed by atoms with E-state index in [1.165, 1.54) is 11.3 Å². The summed E-state index contributed by atoms with van der Waals surface area (Å²) < 4.78 is 5.03. The van der Waals surface area contributed by atoms with Gasteiger partial charge in [-0.3, -0.25) is 9.59 Å². The van der Waals surface area contributed by atoms with Crippen LogP contribution in [-0.2, 0) is 14.3 Å². The molecule has 0 aliphatic rings. The van der Waals surface area contributed by atoms with E-state index < -0.39 is 0 Å². The van der Waals surface area contributed by atoms with Gasteiger partial charge in [-0.05, 0) is 13.3 Å². The number of carbonyl (C=O) groups is 2. The Morgan fingerprint density at radius 1 is 1.35 bits per heavy atom. The highest BCUT2D eigenvalue weighted by molar-refractivity contribution is 7.15. The van der Waals surface area contributed by atoms with Crippen LogP contribution < -0.4 is 5.32 Å². The second kappa shape index (κ2) is 11.1. The van der Waals surface area contributed by atoms with Gasteiger partial charge in [0, 0.05) is 31.1 Å². The molecule has 0 aromatic carbocycles. The molecule has 0 bridgehead atoms. The van der Waals surface area contributed by atoms with Crippen molar-refractivity contribution >= 4 is 28.3 Å². The van der Waals surface area contributed by atoms with E-state index in [1.54, 1.807) is 18.2 Å². The molecule has 1 aromatic heterocycles. The maximum absolute atomic E-state index is 12.3. The summed E-state index contributed by atoms with van der Waals surface area (Å²) in [6, 6.07) is 0. The molecular formula is C16H27N3O3S. The number of rotatable bonds is 11. The Morgan fingerprint density at radius 2 is 2.13 bits per heavy atom. The van der Waals surface area contributed by atoms with Crippen molar-refractivity contribution in [3.63, 3.8) is 0 Å². The zero-order chi connectivity index (χ0) is 17.1. The number of methoxy groups -OCH3 is 1. The number of aromatic nitrogens is 1. The van der Waals surface area contributed by atoms with Gasteiger partial charge in [0.2, 0.25) is 11.8 Å². The summed E-state index contributed by atoms with van der Waals surface area (Å²) in [6.45, 7) is 4.95. The number of carbonyl (C=O) groups excluding carboxylic acids is 2. The van der Waals surface area contributed by atoms with E-state index in [1.807, 2.05) is 6.92 Å². The molecule has 0 unspecified atom stereocenters. The Labute approximate surface area is 142 Å². The van der Waals surface area contributed by atoms with Crippen LogP contribution in [0.1, 0.15) is 43.9 Å². The summed E-state index contributed by atoms with van der Waals surface area (Å²) in [7, 11) is 1.59. The number of thiazole rings is 1. The molecule has 1 aromatic rings. The molecule has 0 fully saturated rings. The number of amides is 2. The summed E-state index contributed by atoms with van der Waals surface area (Å²) >= 11 is 1.42. The van der Waals surface area contributed by atoms with Gasteiger partial charge in [0.15, 0.2) is 5.13 Å². The Bertz CT molecular complexity index is 491. The van der Waals surface area contributed by atoms with Crippen LogP contribution in [0.25, 0.3) is 0 Å². The molecule has 7 heteroatoms. The highest BCUT2D eigenvalue weighted by Crippen LogP contribution is 2.16. The van der Waals surface area contributed by atoms with E-state index in [2.05, 4.69) is 17.2 Å². The molecule has 0 spiro atoms. The molecule has 0 saturated carbocycles. The van der Waals surface area contributed by atoms with Gasteiger partial charge in [-0.15, -0.1) is 11.3 Å². The van der Waals surface area contributed by atoms with Gasteiger partial charge < -0.3 is 15.0 Å². The second-order valence-corrected chi connectivity index (χ2v) is 6.68. The van der Waals surface area contributed by atoms with Gasteiger partial charge in [-0.1, -0.05) is 26.2 Å². The summed E-state index contributed by atoms with van der Waals surface area (Å²) in [5.41, 5.74) is 0. The van der Waals surface area contributed by atoms with Crippen molar-refractivity contribution in [3.8, 4) is 0 Å². The second-order valence-electron chi connectivity index (χ2n) is 5.44. The molecule has 0 aliphatic heterocycles. The number of hydrogen-bond acceptors (Lipinski definition) is 5. The first kappa shape index (κ1) is 19.6. The minimum atomic E-state index is -0.225. The lowest BCUT2D eigenvalue weighted by atomic mass is 10.1. The van der Waals surface area contributed by atoms with Crippen molar-refractivity contribution in [3.05, 3.63) is 11.1 Å². The number of unbranched alkanes of at least 4 members (excludes halogenated alkanes) is 3. The van der Waals surface area contributed by atoms with Gasteiger partial charge >= 0.3 is 0 Å². The zero-order valence-electron chi connectivity index (χ0n) is 14.3. The standard InChI is InChI=1S/C16H27N3O3S/c1-4-5-6-7-8-15(21)19(9-10-22-3)12-14(20)18-16-17-11-13(2)23-16/h11H,4-10,12H2,1-3H3,(H,17,18,20). The number of nitrogens with one attached hydrogen (secondary N) is 1. The van der Waals surface area contributed by atoms with E-state index in [0.717, 1.165) is 30.6 Å². The SMILES string of the molecule is CCCCCCC(=O)N(CCOC)CC(=O)Nc1ncc(C)s1. The molecule has 2 amide bonds. The summed E-state index contributed by atoms with van der Waals surface area (Å²) in [5.74, 6) is -0.221. The quantitative estimate of drug-likeness (QED) is 0.628. The first-order valence-electron chi connectivity index (χ1n) is 8.05. The van der Waals surface area contributed by atoms with E-state index in [-0.39, 0.29) is 18.4 Å². The number of ether oxygens (including phenoxy) is 1. The predicted octanol–water partition coefficient (Wildman–Crippen LogP) is 2.84. The van der Waals surface area contributed by atoms with Crippen LogP contribution in [0.3, 0.4) is 0 Å². The van der Waals surface area contributed by atoms with Crippen molar-refractivity contribution in [2.75, 3.05) is 32.1 Å². The molecule has 0 aliphatic carbocycles. The van der Waals surface area contributed by atoms with Crippen LogP contribution in [0.5, 0.6) is 0 Å². The van der Waals surface area contributed by atoms with Crippen LogP contribution in [0.15, 0.2) is 6.20 Å². The van der Waals surface area contributed by atoms with Crippen molar-refractivity contribution < 1.29 is 14.3 Å². The maximum atomic E-state index is 12.3. The highest BCUT2D eigenvalue weighted by Gasteiger charge is 2.17. The summed E-state index contributed by atoms with van der Waals surface area (Å²) in [6.07, 6.45) is 6.37. The topological polar surface area (TPSA) is 71.5 Å². The number of hydrogen-bond donors (Lipinski definition) is 1. The minimum Gasteiger partial charge on any atom is -0.383 e. The van der Waals surface area contributed by atoms with Crippen LogP contribution in [0.4, 0.5) is 5.13 Å². The molecular weight excluding hydrogens is 314 g/mol. The van der Waals surface area contributed by atoms with Crippen molar-refractivity contribution in [2.45, 2.75) is 46.0 Å². The Kier molecular flexibility index (Phi) is 9.47. The van der Waals surface area contributed by atoms with Gasteiger partial charge in [0.1, 0.15) is 6.54 Å². The molecule has 1 heterocycles. The average Bonchev–Trinajstić information content (AvgIpc) is 2.92. The van der Waals surface area contributed by atoms with Crippen LogP contribution >= 0.6 is 11.3 Å². The van der Waals surface area contributed by atoms with Crippen molar-refractivity contribution in [2.24, 2.45) is 0 Å². The third kappa shape index (κ3) is 8.08. The molecule has 6 nitrogen and oxygen atoms in total. The maximum Gasteiger partial charge on any atom is 0.245 e. The largest absolute Gasteiger partial charge is 0.383 e. The normalized spacial score (nSPS) is 10.6. The highest BCUT2D eigenvalue weighted by atomic mass is 32.1. The Morgan fingerprint density at radius 3 is 2.74 bits per heavy atom. The monoisotopic (exact) mass is 341 g/mol. The van der Waals surface area contributed by atoms with Crippen LogP contribution in [0.2, 0.25) is 0 Å². The van der Waals surface area contributed by atoms with E-state index in [4.69, 9.17) is 4.74 Å². The molecule has 130 valence electrons. The third-order valence-corrected chi connectivity index (χ3v) is 4.19. The van der Waals surface area contributed by atoms with Gasteiger partial charge in [0.05, 0.1) is 6.61 Å². The van der Waals surface area contributed by atoms with Gasteiger partial charge in [-0.25, -0.2) is 4.98 Å². The van der Waals surface area contributed by atoms with E-state index >= 15 is 0 Å². The third-order valence-electron chi connectivity index (χ3n) is 3.36. The summed E-state index contributed by atoms with van der Waals surface area (Å²) in [5, 5.41) is 3.30. The van der Waals surface area contributed by atoms with Crippen molar-refractivity contribution in [1.82, 2.24) is 9.88 Å². The Hall–Kier alpha value is -1.47. The van der Waals surface area contributed by atoms with Gasteiger partial charge in [-0.2, -0.15) is 0 Å². The molecule has 1 rings (SSSR count). The van der Waals surface area contributed by atoms with E-state index in [9.17, 15) is 9.59 Å². The fraction of sp³-hybridized carbons (Fsp3) is 0.688. The smallest absolute Gasteiger partial charge is 0.245 e. The fourth-order valence-corrected chi connectivity index (χ4v) is 2.78. The lowest BCUT2D eigenvalue weighted by molar-refractivity contribution is -0.135. The number of nitrogens with zero attached hydrogens (tertiary/aromatic N) is 2. The van der Waals surface area contributed by atoms with E-state index in [0.29, 0.717) is 24.7 Å². The molecule has 0 saturated heterocycles. The fourth-order valence-electron chi connectivity index (χ4n) is 2.10. The molecule has 0 atom stereocenters. The first-order chi connectivity index (χ1) is 11.1. The molecule has 23 heavy (non-hydrogen) atoms. The summed E-state index contributed by atoms with van der Waals surface area (Å²) in [4.78, 5) is 31.1. The van der Waals surface area contributed by atoms with Gasteiger partial charge in [0.25, 0.3) is 0 Å². The number of anilines is 1. The van der Waals surface area contributed by atoms with Crippen LogP contribution in [0, 0.1) is 6.92 Å². The Balaban J connectivity index is 2.48. The zero-order valence-corrected chi connectivity index (χ0v) is 15.1. The average molecular weight is 341 g/mol. The first-order valence-corrected chi connectivity index (χ1v) is 8.87. The van der Waals surface area contributed by atoms with Crippen molar-refractivity contribution in [1.29, 1.82) is 0 Å².